The molecule has 20 heavy (non-hydrogen) atoms. The van der Waals surface area contributed by atoms with Gasteiger partial charge < -0.3 is 9.84 Å². The number of carboxylic acid groups (broad SMARTS) is 1. The standard InChI is InChI=1S/C15H22FNO3/c1-10(17(9-13(18)19)15(2,3)4)14-11(16)7-6-8-12(14)20-5/h6-8,10H,9H2,1-5H3,(H,18,19). The number of ether oxygens (including phenoxy) is 1. The van der Waals surface area contributed by atoms with Crippen LogP contribution in [0.15, 0.2) is 18.2 Å². The molecular formula is C15H22FNO3. The fourth-order valence-corrected chi connectivity index (χ4v) is 2.36. The molecule has 0 bridgehead atoms. The number of hydrogen-bond acceptors (Lipinski definition) is 3. The molecule has 0 spiro atoms. The minimum Gasteiger partial charge on any atom is -0.496 e. The smallest absolute Gasteiger partial charge is 0.317 e. The number of nitrogens with zero attached hydrogens (tertiary/aromatic N) is 1. The van der Waals surface area contributed by atoms with E-state index in [1.807, 2.05) is 20.8 Å². The average Bonchev–Trinajstić information content (AvgIpc) is 2.33. The minimum atomic E-state index is -0.943. The second-order valence-corrected chi connectivity index (χ2v) is 5.72. The molecule has 0 heterocycles. The lowest BCUT2D eigenvalue weighted by Gasteiger charge is -2.39. The SMILES string of the molecule is COc1cccc(F)c1C(C)N(CC(=O)O)C(C)(C)C. The van der Waals surface area contributed by atoms with Gasteiger partial charge in [-0.2, -0.15) is 0 Å². The molecule has 0 aromatic heterocycles. The van der Waals surface area contributed by atoms with Gasteiger partial charge in [0.1, 0.15) is 11.6 Å². The van der Waals surface area contributed by atoms with Gasteiger partial charge in [-0.15, -0.1) is 0 Å². The van der Waals surface area contributed by atoms with Crippen molar-refractivity contribution >= 4 is 5.97 Å². The van der Waals surface area contributed by atoms with Crippen molar-refractivity contribution in [1.82, 2.24) is 4.90 Å². The molecule has 0 aliphatic heterocycles. The highest BCUT2D eigenvalue weighted by Gasteiger charge is 2.31. The van der Waals surface area contributed by atoms with Gasteiger partial charge in [0.25, 0.3) is 0 Å². The Morgan fingerprint density at radius 3 is 2.50 bits per heavy atom. The topological polar surface area (TPSA) is 49.8 Å². The Hall–Kier alpha value is -1.62. The molecule has 1 unspecified atom stereocenters. The lowest BCUT2D eigenvalue weighted by Crippen LogP contribution is -2.46. The first-order chi connectivity index (χ1) is 9.18. The van der Waals surface area contributed by atoms with Crippen molar-refractivity contribution in [1.29, 1.82) is 0 Å². The number of rotatable bonds is 5. The van der Waals surface area contributed by atoms with E-state index < -0.39 is 23.4 Å². The van der Waals surface area contributed by atoms with E-state index in [1.54, 1.807) is 24.0 Å². The number of benzene rings is 1. The van der Waals surface area contributed by atoms with Crippen molar-refractivity contribution in [2.45, 2.75) is 39.3 Å². The highest BCUT2D eigenvalue weighted by atomic mass is 19.1. The zero-order valence-corrected chi connectivity index (χ0v) is 12.6. The number of aliphatic carboxylic acids is 1. The Labute approximate surface area is 119 Å². The second-order valence-electron chi connectivity index (χ2n) is 5.72. The van der Waals surface area contributed by atoms with Crippen LogP contribution >= 0.6 is 0 Å². The summed E-state index contributed by atoms with van der Waals surface area (Å²) in [5, 5.41) is 9.07. The minimum absolute atomic E-state index is 0.165. The van der Waals surface area contributed by atoms with Gasteiger partial charge in [0, 0.05) is 17.1 Å². The summed E-state index contributed by atoms with van der Waals surface area (Å²) in [7, 11) is 1.48. The Balaban J connectivity index is 3.25. The van der Waals surface area contributed by atoms with E-state index in [0.717, 1.165) is 0 Å². The number of carboxylic acids is 1. The summed E-state index contributed by atoms with van der Waals surface area (Å²) in [4.78, 5) is 12.8. The lowest BCUT2D eigenvalue weighted by atomic mass is 9.97. The third-order valence-electron chi connectivity index (χ3n) is 3.29. The second kappa shape index (κ2) is 6.22. The molecule has 0 saturated heterocycles. The van der Waals surface area contributed by atoms with Gasteiger partial charge in [-0.05, 0) is 39.8 Å². The summed E-state index contributed by atoms with van der Waals surface area (Å²) in [6, 6.07) is 4.19. The molecule has 112 valence electrons. The highest BCUT2D eigenvalue weighted by Crippen LogP contribution is 2.34. The van der Waals surface area contributed by atoms with E-state index in [9.17, 15) is 9.18 Å². The Morgan fingerprint density at radius 2 is 2.05 bits per heavy atom. The molecule has 0 amide bonds. The van der Waals surface area contributed by atoms with Crippen molar-refractivity contribution in [3.05, 3.63) is 29.6 Å². The number of halogens is 1. The zero-order valence-electron chi connectivity index (χ0n) is 12.6. The molecule has 1 atom stereocenters. The van der Waals surface area contributed by atoms with Crippen LogP contribution in [0.5, 0.6) is 5.75 Å². The zero-order chi connectivity index (χ0) is 15.5. The van der Waals surface area contributed by atoms with Crippen LogP contribution in [0.25, 0.3) is 0 Å². The quantitative estimate of drug-likeness (QED) is 0.902. The molecule has 0 aliphatic carbocycles. The summed E-state index contributed by atoms with van der Waals surface area (Å²) in [6.45, 7) is 7.33. The molecule has 1 N–H and O–H groups in total. The van der Waals surface area contributed by atoms with Gasteiger partial charge in [-0.1, -0.05) is 6.07 Å². The molecule has 4 nitrogen and oxygen atoms in total. The molecule has 1 rings (SSSR count). The van der Waals surface area contributed by atoms with Crippen LogP contribution in [0.2, 0.25) is 0 Å². The molecule has 1 aromatic rings. The molecule has 0 fully saturated rings. The van der Waals surface area contributed by atoms with E-state index >= 15 is 0 Å². The van der Waals surface area contributed by atoms with Gasteiger partial charge in [-0.25, -0.2) is 4.39 Å². The van der Waals surface area contributed by atoms with Crippen LogP contribution in [-0.4, -0.2) is 35.2 Å². The van der Waals surface area contributed by atoms with Crippen molar-refractivity contribution in [3.8, 4) is 5.75 Å². The number of methoxy groups -OCH3 is 1. The van der Waals surface area contributed by atoms with E-state index in [-0.39, 0.29) is 6.54 Å². The van der Waals surface area contributed by atoms with Crippen LogP contribution in [0, 0.1) is 5.82 Å². The highest BCUT2D eigenvalue weighted by molar-refractivity contribution is 5.69. The van der Waals surface area contributed by atoms with Crippen LogP contribution in [0.4, 0.5) is 4.39 Å². The predicted molar refractivity (Wildman–Crippen MR) is 75.5 cm³/mol. The first kappa shape index (κ1) is 16.4. The average molecular weight is 283 g/mol. The Kier molecular flexibility index (Phi) is 5.11. The summed E-state index contributed by atoms with van der Waals surface area (Å²) in [6.07, 6.45) is 0. The van der Waals surface area contributed by atoms with E-state index in [1.165, 1.54) is 13.2 Å². The van der Waals surface area contributed by atoms with Crippen molar-refractivity contribution < 1.29 is 19.0 Å². The van der Waals surface area contributed by atoms with Gasteiger partial charge in [0.2, 0.25) is 0 Å². The maximum Gasteiger partial charge on any atom is 0.317 e. The maximum absolute atomic E-state index is 14.1. The van der Waals surface area contributed by atoms with Crippen LogP contribution in [-0.2, 0) is 4.79 Å². The summed E-state index contributed by atoms with van der Waals surface area (Å²) in [5.74, 6) is -0.907. The van der Waals surface area contributed by atoms with Crippen molar-refractivity contribution in [2.24, 2.45) is 0 Å². The van der Waals surface area contributed by atoms with Crippen LogP contribution in [0.3, 0.4) is 0 Å². The fraction of sp³-hybridized carbons (Fsp3) is 0.533. The van der Waals surface area contributed by atoms with Crippen molar-refractivity contribution in [2.75, 3.05) is 13.7 Å². The number of hydrogen-bond donors (Lipinski definition) is 1. The van der Waals surface area contributed by atoms with E-state index in [0.29, 0.717) is 11.3 Å². The molecule has 0 aliphatic rings. The number of carbonyl (C=O) groups is 1. The van der Waals surface area contributed by atoms with Crippen molar-refractivity contribution in [3.63, 3.8) is 0 Å². The fourth-order valence-electron chi connectivity index (χ4n) is 2.36. The van der Waals surface area contributed by atoms with Crippen LogP contribution < -0.4 is 4.74 Å². The maximum atomic E-state index is 14.1. The van der Waals surface area contributed by atoms with E-state index in [4.69, 9.17) is 9.84 Å². The first-order valence-corrected chi connectivity index (χ1v) is 6.49. The van der Waals surface area contributed by atoms with E-state index in [2.05, 4.69) is 0 Å². The lowest BCUT2D eigenvalue weighted by molar-refractivity contribution is -0.140. The monoisotopic (exact) mass is 283 g/mol. The molecule has 1 aromatic carbocycles. The Bertz CT molecular complexity index is 482. The van der Waals surface area contributed by atoms with Gasteiger partial charge >= 0.3 is 5.97 Å². The first-order valence-electron chi connectivity index (χ1n) is 6.49. The summed E-state index contributed by atoms with van der Waals surface area (Å²) in [5.41, 5.74) is -0.0309. The molecule has 0 radical (unpaired) electrons. The normalized spacial score (nSPS) is 13.3. The van der Waals surface area contributed by atoms with Gasteiger partial charge in [0.05, 0.1) is 13.7 Å². The van der Waals surface area contributed by atoms with Crippen LogP contribution in [0.1, 0.15) is 39.3 Å². The largest absolute Gasteiger partial charge is 0.496 e. The van der Waals surface area contributed by atoms with Gasteiger partial charge in [-0.3, -0.25) is 9.69 Å². The third-order valence-corrected chi connectivity index (χ3v) is 3.29. The third kappa shape index (κ3) is 3.70. The molecule has 5 heteroatoms. The van der Waals surface area contributed by atoms with Gasteiger partial charge in [0.15, 0.2) is 0 Å². The Morgan fingerprint density at radius 1 is 1.45 bits per heavy atom. The molecular weight excluding hydrogens is 261 g/mol. The predicted octanol–water partition coefficient (Wildman–Crippen LogP) is 3.08. The summed E-state index contributed by atoms with van der Waals surface area (Å²) >= 11 is 0. The summed E-state index contributed by atoms with van der Waals surface area (Å²) < 4.78 is 19.3. The molecule has 0 saturated carbocycles.